The number of fused-ring (bicyclic) bond motifs is 1. The Morgan fingerprint density at radius 1 is 1.22 bits per heavy atom. The quantitative estimate of drug-likeness (QED) is 0.762. The molecule has 1 N–H and O–H groups in total. The van der Waals surface area contributed by atoms with Gasteiger partial charge >= 0.3 is 0 Å². The van der Waals surface area contributed by atoms with Crippen molar-refractivity contribution in [3.8, 4) is 11.8 Å². The van der Waals surface area contributed by atoms with Gasteiger partial charge in [0.15, 0.2) is 6.61 Å². The van der Waals surface area contributed by atoms with Crippen LogP contribution in [-0.4, -0.2) is 12.5 Å². The van der Waals surface area contributed by atoms with Crippen molar-refractivity contribution in [2.24, 2.45) is 0 Å². The van der Waals surface area contributed by atoms with Gasteiger partial charge in [0.25, 0.3) is 5.91 Å². The number of rotatable bonds is 4. The fraction of sp³-hybridized carbons (Fsp3) is 0.0588. The van der Waals surface area contributed by atoms with Crippen LogP contribution in [-0.2, 0) is 4.79 Å². The van der Waals surface area contributed by atoms with Crippen molar-refractivity contribution in [1.29, 1.82) is 5.26 Å². The number of nitriles is 1. The molecule has 0 saturated carbocycles. The largest absolute Gasteiger partial charge is 0.483 e. The predicted molar refractivity (Wildman–Crippen MR) is 92.1 cm³/mol. The van der Waals surface area contributed by atoms with Crippen molar-refractivity contribution >= 4 is 44.6 Å². The van der Waals surface area contributed by atoms with Gasteiger partial charge in [0.2, 0.25) is 0 Å². The minimum Gasteiger partial charge on any atom is -0.483 e. The molecule has 0 spiro atoms. The van der Waals surface area contributed by atoms with Crippen molar-refractivity contribution in [3.05, 3.63) is 58.4 Å². The second kappa shape index (κ2) is 6.69. The lowest BCUT2D eigenvalue weighted by molar-refractivity contribution is -0.118. The van der Waals surface area contributed by atoms with Crippen LogP contribution in [0.25, 0.3) is 10.8 Å². The summed E-state index contributed by atoms with van der Waals surface area (Å²) in [6.45, 7) is -0.144. The molecule has 2 aromatic carbocycles. The Morgan fingerprint density at radius 2 is 2.00 bits per heavy atom. The molecule has 0 aliphatic rings. The second-order valence-corrected chi connectivity index (χ2v) is 6.03. The number of halogens is 1. The molecule has 1 aromatic heterocycles. The zero-order valence-electron chi connectivity index (χ0n) is 11.9. The minimum absolute atomic E-state index is 0.144. The van der Waals surface area contributed by atoms with Gasteiger partial charge in [-0.1, -0.05) is 35.9 Å². The molecule has 4 nitrogen and oxygen atoms in total. The lowest BCUT2D eigenvalue weighted by Crippen LogP contribution is -2.20. The molecule has 0 aliphatic heterocycles. The van der Waals surface area contributed by atoms with Crippen molar-refractivity contribution in [2.45, 2.75) is 0 Å². The first-order valence-electron chi connectivity index (χ1n) is 6.76. The molecule has 23 heavy (non-hydrogen) atoms. The fourth-order valence-corrected chi connectivity index (χ4v) is 3.14. The number of amides is 1. The number of ether oxygens (including phenoxy) is 1. The van der Waals surface area contributed by atoms with E-state index in [2.05, 4.69) is 5.32 Å². The van der Waals surface area contributed by atoms with Gasteiger partial charge in [0.05, 0.1) is 5.56 Å². The Bertz CT molecular complexity index is 914. The van der Waals surface area contributed by atoms with E-state index in [-0.39, 0.29) is 12.5 Å². The molecular formula is C17H11ClN2O2S. The van der Waals surface area contributed by atoms with Gasteiger partial charge in [-0.3, -0.25) is 4.79 Å². The fourth-order valence-electron chi connectivity index (χ4n) is 2.16. The molecule has 0 bridgehead atoms. The van der Waals surface area contributed by atoms with Crippen LogP contribution in [0.5, 0.6) is 5.75 Å². The summed E-state index contributed by atoms with van der Waals surface area (Å²) in [6, 6.07) is 14.7. The van der Waals surface area contributed by atoms with Gasteiger partial charge in [0.1, 0.15) is 16.8 Å². The van der Waals surface area contributed by atoms with Crippen LogP contribution >= 0.6 is 22.9 Å². The molecule has 0 saturated heterocycles. The molecule has 0 atom stereocenters. The van der Waals surface area contributed by atoms with Gasteiger partial charge < -0.3 is 10.1 Å². The molecular weight excluding hydrogens is 332 g/mol. The van der Waals surface area contributed by atoms with Gasteiger partial charge in [-0.15, -0.1) is 11.3 Å². The second-order valence-electron chi connectivity index (χ2n) is 4.70. The lowest BCUT2D eigenvalue weighted by Gasteiger charge is -2.10. The summed E-state index contributed by atoms with van der Waals surface area (Å²) in [5.41, 5.74) is 0.445. The number of nitrogens with one attached hydrogen (secondary N) is 1. The zero-order valence-corrected chi connectivity index (χ0v) is 13.4. The summed E-state index contributed by atoms with van der Waals surface area (Å²) in [6.07, 6.45) is 0. The summed E-state index contributed by atoms with van der Waals surface area (Å²) >= 11 is 7.46. The van der Waals surface area contributed by atoms with E-state index < -0.39 is 0 Å². The summed E-state index contributed by atoms with van der Waals surface area (Å²) < 4.78 is 5.61. The van der Waals surface area contributed by atoms with Crippen LogP contribution in [0.4, 0.5) is 5.00 Å². The predicted octanol–water partition coefficient (Wildman–Crippen LogP) is 4.44. The number of carbonyl (C=O) groups is 1. The van der Waals surface area contributed by atoms with Crippen LogP contribution in [0.2, 0.25) is 5.02 Å². The van der Waals surface area contributed by atoms with Gasteiger partial charge in [-0.25, -0.2) is 0 Å². The molecule has 0 radical (unpaired) electrons. The highest BCUT2D eigenvalue weighted by Crippen LogP contribution is 2.31. The topological polar surface area (TPSA) is 62.1 Å². The van der Waals surface area contributed by atoms with Gasteiger partial charge in [-0.05, 0) is 23.6 Å². The maximum atomic E-state index is 12.0. The highest BCUT2D eigenvalue weighted by Gasteiger charge is 2.10. The first-order valence-corrected chi connectivity index (χ1v) is 8.02. The number of thiophene rings is 1. The maximum absolute atomic E-state index is 12.0. The van der Waals surface area contributed by atoms with E-state index in [9.17, 15) is 4.79 Å². The Labute approximate surface area is 141 Å². The normalized spacial score (nSPS) is 10.3. The number of anilines is 1. The Kier molecular flexibility index (Phi) is 4.47. The van der Waals surface area contributed by atoms with Crippen molar-refractivity contribution in [3.63, 3.8) is 0 Å². The average molecular weight is 343 g/mol. The maximum Gasteiger partial charge on any atom is 0.262 e. The summed E-state index contributed by atoms with van der Waals surface area (Å²) in [4.78, 5) is 12.0. The van der Waals surface area contributed by atoms with Gasteiger partial charge in [0, 0.05) is 15.8 Å². The number of hydrogen-bond acceptors (Lipinski definition) is 4. The number of hydrogen-bond donors (Lipinski definition) is 1. The molecule has 3 aromatic rings. The van der Waals surface area contributed by atoms with Gasteiger partial charge in [-0.2, -0.15) is 5.26 Å². The van der Waals surface area contributed by atoms with Crippen molar-refractivity contribution < 1.29 is 9.53 Å². The molecule has 114 valence electrons. The van der Waals surface area contributed by atoms with Crippen molar-refractivity contribution in [2.75, 3.05) is 11.9 Å². The molecule has 6 heteroatoms. The van der Waals surface area contributed by atoms with Crippen LogP contribution in [0, 0.1) is 11.3 Å². The summed E-state index contributed by atoms with van der Waals surface area (Å²) in [7, 11) is 0. The van der Waals surface area contributed by atoms with E-state index in [4.69, 9.17) is 21.6 Å². The SMILES string of the molecule is N#Cc1ccsc1NC(=O)COc1ccc(Cl)c2ccccc12. The third-order valence-electron chi connectivity index (χ3n) is 3.23. The van der Waals surface area contributed by atoms with Crippen LogP contribution in [0.3, 0.4) is 0 Å². The van der Waals surface area contributed by atoms with Crippen LogP contribution in [0.15, 0.2) is 47.8 Å². The Hall–Kier alpha value is -2.55. The van der Waals surface area contributed by atoms with E-state index in [1.165, 1.54) is 11.3 Å². The Morgan fingerprint density at radius 3 is 2.78 bits per heavy atom. The molecule has 0 unspecified atom stereocenters. The standard InChI is InChI=1S/C17H11ClN2O2S/c18-14-5-6-15(13-4-2-1-3-12(13)14)22-10-16(21)20-17-11(9-19)7-8-23-17/h1-8H,10H2,(H,20,21). The summed E-state index contributed by atoms with van der Waals surface area (Å²) in [5.74, 6) is 0.273. The smallest absolute Gasteiger partial charge is 0.262 e. The highest BCUT2D eigenvalue weighted by atomic mass is 35.5. The number of nitrogens with zero attached hydrogens (tertiary/aromatic N) is 1. The number of carbonyl (C=O) groups excluding carboxylic acids is 1. The first kappa shape index (κ1) is 15.3. The third kappa shape index (κ3) is 3.29. The molecule has 1 amide bonds. The first-order chi connectivity index (χ1) is 11.2. The third-order valence-corrected chi connectivity index (χ3v) is 4.39. The monoisotopic (exact) mass is 342 g/mol. The molecule has 3 rings (SSSR count). The molecule has 0 aliphatic carbocycles. The van der Waals surface area contributed by atoms with E-state index in [1.807, 2.05) is 30.3 Å². The van der Waals surface area contributed by atoms with E-state index in [0.717, 1.165) is 10.8 Å². The molecule has 0 fully saturated rings. The van der Waals surface area contributed by atoms with Crippen LogP contribution in [0.1, 0.15) is 5.56 Å². The Balaban J connectivity index is 1.73. The minimum atomic E-state index is -0.317. The summed E-state index contributed by atoms with van der Waals surface area (Å²) in [5, 5.41) is 16.2. The lowest BCUT2D eigenvalue weighted by atomic mass is 10.1. The zero-order chi connectivity index (χ0) is 16.2. The van der Waals surface area contributed by atoms with Crippen LogP contribution < -0.4 is 10.1 Å². The highest BCUT2D eigenvalue weighted by molar-refractivity contribution is 7.14. The van der Waals surface area contributed by atoms with E-state index in [0.29, 0.717) is 21.3 Å². The van der Waals surface area contributed by atoms with Crippen molar-refractivity contribution in [1.82, 2.24) is 0 Å². The van der Waals surface area contributed by atoms with E-state index in [1.54, 1.807) is 23.6 Å². The molecule has 1 heterocycles. The number of benzene rings is 2. The van der Waals surface area contributed by atoms with E-state index >= 15 is 0 Å². The average Bonchev–Trinajstić information content (AvgIpc) is 3.01.